The lowest BCUT2D eigenvalue weighted by molar-refractivity contribution is 0.249. The summed E-state index contributed by atoms with van der Waals surface area (Å²) in [5.74, 6) is 2.27. The molecule has 3 nitrogen and oxygen atoms in total. The molecule has 22 heavy (non-hydrogen) atoms. The molecule has 1 aliphatic rings. The molecule has 1 unspecified atom stereocenters. The molecule has 0 radical (unpaired) electrons. The van der Waals surface area contributed by atoms with Crippen molar-refractivity contribution < 1.29 is 14.2 Å². The number of allylic oxidation sites excluding steroid dienone is 1. The first-order valence-electron chi connectivity index (χ1n) is 7.00. The Morgan fingerprint density at radius 3 is 2.59 bits per heavy atom. The molecule has 2 aromatic carbocycles. The zero-order valence-electron chi connectivity index (χ0n) is 12.7. The molecular weight excluding hydrogens is 344 g/mol. The molecule has 1 atom stereocenters. The van der Waals surface area contributed by atoms with E-state index in [9.17, 15) is 0 Å². The van der Waals surface area contributed by atoms with Crippen molar-refractivity contribution in [3.8, 4) is 17.2 Å². The van der Waals surface area contributed by atoms with Gasteiger partial charge >= 0.3 is 0 Å². The van der Waals surface area contributed by atoms with Gasteiger partial charge in [-0.25, -0.2) is 0 Å². The maximum Gasteiger partial charge on any atom is 0.174 e. The van der Waals surface area contributed by atoms with Gasteiger partial charge in [-0.3, -0.25) is 0 Å². The molecular formula is C18H17BrO3. The number of halogens is 1. The summed E-state index contributed by atoms with van der Waals surface area (Å²) in [5.41, 5.74) is 3.36. The van der Waals surface area contributed by atoms with Crippen molar-refractivity contribution in [1.82, 2.24) is 0 Å². The van der Waals surface area contributed by atoms with Crippen molar-refractivity contribution in [2.45, 2.75) is 13.0 Å². The fourth-order valence-corrected chi connectivity index (χ4v) is 3.27. The Balaban J connectivity index is 2.03. The lowest BCUT2D eigenvalue weighted by Gasteiger charge is -2.25. The van der Waals surface area contributed by atoms with Gasteiger partial charge in [0.15, 0.2) is 11.5 Å². The first-order chi connectivity index (χ1) is 10.6. The van der Waals surface area contributed by atoms with Crippen LogP contribution >= 0.6 is 15.9 Å². The minimum atomic E-state index is -0.147. The normalized spacial score (nSPS) is 16.4. The lowest BCUT2D eigenvalue weighted by Crippen LogP contribution is -2.11. The number of ether oxygens (including phenoxy) is 3. The third-order valence-corrected chi connectivity index (χ3v) is 4.34. The van der Waals surface area contributed by atoms with Gasteiger partial charge < -0.3 is 14.2 Å². The highest BCUT2D eigenvalue weighted by Crippen LogP contribution is 2.42. The molecule has 114 valence electrons. The zero-order valence-corrected chi connectivity index (χ0v) is 14.3. The number of fused-ring (bicyclic) bond motifs is 1. The predicted molar refractivity (Wildman–Crippen MR) is 90.7 cm³/mol. The van der Waals surface area contributed by atoms with Gasteiger partial charge in [0.2, 0.25) is 0 Å². The van der Waals surface area contributed by atoms with Crippen LogP contribution in [0, 0.1) is 0 Å². The molecule has 1 aliphatic heterocycles. The molecule has 0 saturated carbocycles. The van der Waals surface area contributed by atoms with Crippen LogP contribution in [0.5, 0.6) is 17.2 Å². The van der Waals surface area contributed by atoms with Crippen LogP contribution in [0.2, 0.25) is 0 Å². The highest BCUT2D eigenvalue weighted by atomic mass is 79.9. The standard InChI is InChI=1S/C18H17BrO3/c1-11-8-16(22-15-7-5-4-6-13(11)15)12-9-14(19)18(21-3)17(10-12)20-2/h4-10,16H,1-3H3. The van der Waals surface area contributed by atoms with Gasteiger partial charge in [0.05, 0.1) is 18.7 Å². The summed E-state index contributed by atoms with van der Waals surface area (Å²) < 4.78 is 17.7. The number of benzene rings is 2. The summed E-state index contributed by atoms with van der Waals surface area (Å²) in [6.45, 7) is 2.10. The van der Waals surface area contributed by atoms with Crippen LogP contribution in [-0.2, 0) is 0 Å². The van der Waals surface area contributed by atoms with E-state index in [1.54, 1.807) is 14.2 Å². The fraction of sp³-hybridized carbons (Fsp3) is 0.222. The first-order valence-corrected chi connectivity index (χ1v) is 7.79. The van der Waals surface area contributed by atoms with E-state index < -0.39 is 0 Å². The predicted octanol–water partition coefficient (Wildman–Crippen LogP) is 5.00. The Kier molecular flexibility index (Phi) is 4.12. The molecule has 0 N–H and O–H groups in total. The molecule has 0 spiro atoms. The SMILES string of the molecule is COc1cc(C2C=C(C)c3ccccc3O2)cc(Br)c1OC. The smallest absolute Gasteiger partial charge is 0.174 e. The van der Waals surface area contributed by atoms with Gasteiger partial charge in [0.1, 0.15) is 11.9 Å². The van der Waals surface area contributed by atoms with E-state index in [1.165, 1.54) is 5.57 Å². The summed E-state index contributed by atoms with van der Waals surface area (Å²) in [6, 6.07) is 12.0. The Morgan fingerprint density at radius 1 is 1.09 bits per heavy atom. The lowest BCUT2D eigenvalue weighted by atomic mass is 9.98. The van der Waals surface area contributed by atoms with E-state index in [1.807, 2.05) is 30.3 Å². The third kappa shape index (κ3) is 2.59. The Bertz CT molecular complexity index is 737. The number of hydrogen-bond acceptors (Lipinski definition) is 3. The highest BCUT2D eigenvalue weighted by Gasteiger charge is 2.22. The maximum atomic E-state index is 6.12. The Labute approximate surface area is 138 Å². The van der Waals surface area contributed by atoms with E-state index in [0.717, 1.165) is 21.3 Å². The fourth-order valence-electron chi connectivity index (χ4n) is 2.65. The summed E-state index contributed by atoms with van der Waals surface area (Å²) in [7, 11) is 3.26. The van der Waals surface area contributed by atoms with Crippen molar-refractivity contribution in [3.63, 3.8) is 0 Å². The molecule has 0 bridgehead atoms. The topological polar surface area (TPSA) is 27.7 Å². The number of rotatable bonds is 3. The summed E-state index contributed by atoms with van der Waals surface area (Å²) in [6.07, 6.45) is 1.97. The minimum Gasteiger partial charge on any atom is -0.493 e. The molecule has 0 fully saturated rings. The Hall–Kier alpha value is -1.94. The second kappa shape index (κ2) is 6.05. The second-order valence-corrected chi connectivity index (χ2v) is 5.98. The van der Waals surface area contributed by atoms with Gasteiger partial charge in [-0.1, -0.05) is 18.2 Å². The van der Waals surface area contributed by atoms with Crippen LogP contribution in [0.15, 0.2) is 46.9 Å². The highest BCUT2D eigenvalue weighted by molar-refractivity contribution is 9.10. The second-order valence-electron chi connectivity index (χ2n) is 5.12. The summed E-state index contributed by atoms with van der Waals surface area (Å²) in [5, 5.41) is 0. The van der Waals surface area contributed by atoms with Gasteiger partial charge in [-0.2, -0.15) is 0 Å². The molecule has 0 saturated heterocycles. The quantitative estimate of drug-likeness (QED) is 0.770. The van der Waals surface area contributed by atoms with Crippen LogP contribution < -0.4 is 14.2 Å². The van der Waals surface area contributed by atoms with Crippen LogP contribution in [0.4, 0.5) is 0 Å². The van der Waals surface area contributed by atoms with E-state index in [0.29, 0.717) is 11.5 Å². The van der Waals surface area contributed by atoms with Gasteiger partial charge in [-0.15, -0.1) is 0 Å². The van der Waals surface area contributed by atoms with E-state index in [-0.39, 0.29) is 6.10 Å². The largest absolute Gasteiger partial charge is 0.493 e. The van der Waals surface area contributed by atoms with E-state index in [2.05, 4.69) is 35.0 Å². The maximum absolute atomic E-state index is 6.12. The van der Waals surface area contributed by atoms with Crippen LogP contribution in [0.25, 0.3) is 5.57 Å². The minimum absolute atomic E-state index is 0.147. The van der Waals surface area contributed by atoms with Gasteiger partial charge in [-0.05, 0) is 52.7 Å². The van der Waals surface area contributed by atoms with Crippen molar-refractivity contribution in [3.05, 3.63) is 58.1 Å². The third-order valence-electron chi connectivity index (χ3n) is 3.75. The number of hydrogen-bond donors (Lipinski definition) is 0. The van der Waals surface area contributed by atoms with Gasteiger partial charge in [0, 0.05) is 11.1 Å². The molecule has 4 heteroatoms. The average molecular weight is 361 g/mol. The van der Waals surface area contributed by atoms with Gasteiger partial charge in [0.25, 0.3) is 0 Å². The van der Waals surface area contributed by atoms with E-state index >= 15 is 0 Å². The molecule has 0 aromatic heterocycles. The van der Waals surface area contributed by atoms with Crippen LogP contribution in [0.3, 0.4) is 0 Å². The Morgan fingerprint density at radius 2 is 1.86 bits per heavy atom. The average Bonchev–Trinajstić information content (AvgIpc) is 2.54. The monoisotopic (exact) mass is 360 g/mol. The van der Waals surface area contributed by atoms with Crippen LogP contribution in [-0.4, -0.2) is 14.2 Å². The zero-order chi connectivity index (χ0) is 15.7. The van der Waals surface area contributed by atoms with Crippen LogP contribution in [0.1, 0.15) is 24.2 Å². The molecule has 3 rings (SSSR count). The van der Waals surface area contributed by atoms with Crippen molar-refractivity contribution >= 4 is 21.5 Å². The first kappa shape index (κ1) is 15.0. The summed E-state index contributed by atoms with van der Waals surface area (Å²) in [4.78, 5) is 0. The number of methoxy groups -OCH3 is 2. The molecule has 0 amide bonds. The summed E-state index contributed by atoms with van der Waals surface area (Å²) >= 11 is 3.53. The number of para-hydroxylation sites is 1. The molecule has 0 aliphatic carbocycles. The van der Waals surface area contributed by atoms with Crippen molar-refractivity contribution in [2.75, 3.05) is 14.2 Å². The van der Waals surface area contributed by atoms with Crippen molar-refractivity contribution in [2.24, 2.45) is 0 Å². The molecule has 2 aromatic rings. The van der Waals surface area contributed by atoms with Crippen molar-refractivity contribution in [1.29, 1.82) is 0 Å². The van der Waals surface area contributed by atoms with E-state index in [4.69, 9.17) is 14.2 Å². The molecule has 1 heterocycles.